The number of nitrogens with one attached hydrogen (secondary N) is 1. The van der Waals surface area contributed by atoms with Crippen molar-refractivity contribution in [3.8, 4) is 0 Å². The van der Waals surface area contributed by atoms with Gasteiger partial charge < -0.3 is 14.6 Å². The van der Waals surface area contributed by atoms with Gasteiger partial charge in [0.15, 0.2) is 0 Å². The molecule has 2 aromatic rings. The van der Waals surface area contributed by atoms with Crippen LogP contribution >= 0.6 is 0 Å². The van der Waals surface area contributed by atoms with Gasteiger partial charge in [-0.2, -0.15) is 0 Å². The van der Waals surface area contributed by atoms with Gasteiger partial charge in [-0.25, -0.2) is 4.98 Å². The fourth-order valence-corrected chi connectivity index (χ4v) is 2.82. The minimum Gasteiger partial charge on any atom is -0.444 e. The van der Waals surface area contributed by atoms with Gasteiger partial charge in [-0.05, 0) is 24.5 Å². The molecule has 1 aliphatic rings. The topological polar surface area (TPSA) is 41.3 Å². The molecule has 1 N–H and O–H groups in total. The molecule has 4 nitrogen and oxygen atoms in total. The number of rotatable bonds is 6. The van der Waals surface area contributed by atoms with Crippen molar-refractivity contribution >= 4 is 5.69 Å². The first kappa shape index (κ1) is 14.1. The number of anilines is 1. The van der Waals surface area contributed by atoms with E-state index in [0.29, 0.717) is 6.54 Å². The summed E-state index contributed by atoms with van der Waals surface area (Å²) in [4.78, 5) is 6.76. The molecule has 0 spiro atoms. The van der Waals surface area contributed by atoms with E-state index in [9.17, 15) is 0 Å². The van der Waals surface area contributed by atoms with Crippen LogP contribution in [0.4, 0.5) is 5.69 Å². The highest BCUT2D eigenvalue weighted by atomic mass is 16.4. The van der Waals surface area contributed by atoms with Gasteiger partial charge in [0.2, 0.25) is 5.89 Å². The average Bonchev–Trinajstić information content (AvgIpc) is 3.19. The smallest absolute Gasteiger partial charge is 0.208 e. The predicted octanol–water partition coefficient (Wildman–Crippen LogP) is 3.13. The molecule has 21 heavy (non-hydrogen) atoms. The third-order valence-corrected chi connectivity index (χ3v) is 3.98. The maximum Gasteiger partial charge on any atom is 0.208 e. The fraction of sp³-hybridized carbons (Fsp3) is 0.471. The summed E-state index contributed by atoms with van der Waals surface area (Å²) in [5.41, 5.74) is 2.71. The largest absolute Gasteiger partial charge is 0.444 e. The molecular weight excluding hydrogens is 262 g/mol. The summed E-state index contributed by atoms with van der Waals surface area (Å²) in [7, 11) is 0. The van der Waals surface area contributed by atoms with Crippen molar-refractivity contribution in [1.82, 2.24) is 10.3 Å². The summed E-state index contributed by atoms with van der Waals surface area (Å²) in [6, 6.07) is 8.66. The highest BCUT2D eigenvalue weighted by Crippen LogP contribution is 2.24. The third kappa shape index (κ3) is 3.45. The van der Waals surface area contributed by atoms with Crippen molar-refractivity contribution in [2.45, 2.75) is 39.3 Å². The second-order valence-corrected chi connectivity index (χ2v) is 5.50. The highest BCUT2D eigenvalue weighted by molar-refractivity contribution is 5.54. The minimum atomic E-state index is 0.675. The molecule has 1 saturated heterocycles. The van der Waals surface area contributed by atoms with Crippen LogP contribution in [-0.4, -0.2) is 18.1 Å². The molecule has 0 atom stereocenters. The summed E-state index contributed by atoms with van der Waals surface area (Å²) >= 11 is 0. The van der Waals surface area contributed by atoms with E-state index in [1.165, 1.54) is 37.2 Å². The van der Waals surface area contributed by atoms with Crippen LogP contribution in [0.3, 0.4) is 0 Å². The Morgan fingerprint density at radius 1 is 1.19 bits per heavy atom. The molecule has 4 heteroatoms. The van der Waals surface area contributed by atoms with Crippen LogP contribution in [0.2, 0.25) is 0 Å². The first-order valence-corrected chi connectivity index (χ1v) is 7.84. The van der Waals surface area contributed by atoms with Gasteiger partial charge in [-0.3, -0.25) is 0 Å². The van der Waals surface area contributed by atoms with Crippen molar-refractivity contribution in [2.24, 2.45) is 0 Å². The van der Waals surface area contributed by atoms with E-state index in [1.807, 2.05) is 6.20 Å². The van der Waals surface area contributed by atoms with E-state index < -0.39 is 0 Å². The number of aromatic nitrogens is 1. The van der Waals surface area contributed by atoms with Crippen LogP contribution in [0.15, 0.2) is 34.9 Å². The van der Waals surface area contributed by atoms with Gasteiger partial charge in [-0.1, -0.05) is 25.1 Å². The highest BCUT2D eigenvalue weighted by Gasteiger charge is 2.15. The molecule has 0 aliphatic carbocycles. The Labute approximate surface area is 126 Å². The average molecular weight is 285 g/mol. The number of aryl methyl sites for hydroxylation is 1. The van der Waals surface area contributed by atoms with Crippen LogP contribution in [0.5, 0.6) is 0 Å². The Hall–Kier alpha value is -1.81. The molecule has 1 aromatic heterocycles. The molecule has 1 aliphatic heterocycles. The van der Waals surface area contributed by atoms with Gasteiger partial charge >= 0.3 is 0 Å². The zero-order valence-corrected chi connectivity index (χ0v) is 12.6. The molecule has 2 heterocycles. The molecule has 3 rings (SSSR count). The predicted molar refractivity (Wildman–Crippen MR) is 84.3 cm³/mol. The lowest BCUT2D eigenvalue weighted by Crippen LogP contribution is -2.21. The van der Waals surface area contributed by atoms with E-state index in [4.69, 9.17) is 4.42 Å². The standard InChI is InChI=1S/C17H23N3O/c1-2-15-12-19-17(21-15)13-18-11-14-7-3-4-8-16(14)20-9-5-6-10-20/h3-4,7-8,12,18H,2,5-6,9-11,13H2,1H3. The van der Waals surface area contributed by atoms with Crippen molar-refractivity contribution in [2.75, 3.05) is 18.0 Å². The number of hydrogen-bond donors (Lipinski definition) is 1. The number of nitrogens with zero attached hydrogens (tertiary/aromatic N) is 2. The lowest BCUT2D eigenvalue weighted by Gasteiger charge is -2.21. The van der Waals surface area contributed by atoms with Gasteiger partial charge in [0, 0.05) is 31.7 Å². The molecule has 1 aromatic carbocycles. The Kier molecular flexibility index (Phi) is 4.55. The lowest BCUT2D eigenvalue weighted by molar-refractivity contribution is 0.439. The summed E-state index contributed by atoms with van der Waals surface area (Å²) < 4.78 is 5.62. The van der Waals surface area contributed by atoms with Crippen molar-refractivity contribution < 1.29 is 4.42 Å². The van der Waals surface area contributed by atoms with Crippen molar-refractivity contribution in [1.29, 1.82) is 0 Å². The third-order valence-electron chi connectivity index (χ3n) is 3.98. The molecule has 112 valence electrons. The van der Waals surface area contributed by atoms with E-state index in [1.54, 1.807) is 0 Å². The summed E-state index contributed by atoms with van der Waals surface area (Å²) in [5, 5.41) is 3.44. The first-order chi connectivity index (χ1) is 10.4. The van der Waals surface area contributed by atoms with Crippen molar-refractivity contribution in [3.05, 3.63) is 47.7 Å². The van der Waals surface area contributed by atoms with Crippen LogP contribution in [0.1, 0.15) is 37.0 Å². The summed E-state index contributed by atoms with van der Waals surface area (Å²) in [6.07, 6.45) is 5.32. The summed E-state index contributed by atoms with van der Waals surface area (Å²) in [6.45, 7) is 5.95. The number of oxazole rings is 1. The zero-order chi connectivity index (χ0) is 14.5. The van der Waals surface area contributed by atoms with Crippen LogP contribution in [0.25, 0.3) is 0 Å². The van der Waals surface area contributed by atoms with Crippen LogP contribution in [-0.2, 0) is 19.5 Å². The van der Waals surface area contributed by atoms with Gasteiger partial charge in [0.25, 0.3) is 0 Å². The second-order valence-electron chi connectivity index (χ2n) is 5.50. The Bertz CT molecular complexity index is 573. The first-order valence-electron chi connectivity index (χ1n) is 7.84. The quantitative estimate of drug-likeness (QED) is 0.885. The normalized spacial score (nSPS) is 14.8. The van der Waals surface area contributed by atoms with Crippen molar-refractivity contribution in [3.63, 3.8) is 0 Å². The van der Waals surface area contributed by atoms with Crippen LogP contribution < -0.4 is 10.2 Å². The molecule has 0 unspecified atom stereocenters. The van der Waals surface area contributed by atoms with Gasteiger partial charge in [0.05, 0.1) is 12.7 Å². The maximum atomic E-state index is 5.62. The molecule has 0 bridgehead atoms. The molecule has 0 radical (unpaired) electrons. The van der Waals surface area contributed by atoms with E-state index in [0.717, 1.165) is 24.6 Å². The van der Waals surface area contributed by atoms with Gasteiger partial charge in [0.1, 0.15) is 5.76 Å². The second kappa shape index (κ2) is 6.76. The fourth-order valence-electron chi connectivity index (χ4n) is 2.82. The van der Waals surface area contributed by atoms with E-state index >= 15 is 0 Å². The zero-order valence-electron chi connectivity index (χ0n) is 12.6. The molecule has 1 fully saturated rings. The number of para-hydroxylation sites is 1. The summed E-state index contributed by atoms with van der Waals surface area (Å²) in [5.74, 6) is 1.72. The Morgan fingerprint density at radius 3 is 2.76 bits per heavy atom. The molecular formula is C17H23N3O. The maximum absolute atomic E-state index is 5.62. The number of benzene rings is 1. The molecule has 0 amide bonds. The Morgan fingerprint density at radius 2 is 2.00 bits per heavy atom. The van der Waals surface area contributed by atoms with E-state index in [2.05, 4.69) is 46.4 Å². The minimum absolute atomic E-state index is 0.675. The molecule has 0 saturated carbocycles. The van der Waals surface area contributed by atoms with E-state index in [-0.39, 0.29) is 0 Å². The Balaban J connectivity index is 1.59. The monoisotopic (exact) mass is 285 g/mol. The van der Waals surface area contributed by atoms with Gasteiger partial charge in [-0.15, -0.1) is 0 Å². The van der Waals surface area contributed by atoms with Crippen LogP contribution in [0, 0.1) is 0 Å². The number of hydrogen-bond acceptors (Lipinski definition) is 4. The lowest BCUT2D eigenvalue weighted by atomic mass is 10.1. The SMILES string of the molecule is CCc1cnc(CNCc2ccccc2N2CCCC2)o1.